The first-order valence-electron chi connectivity index (χ1n) is 8.40. The van der Waals surface area contributed by atoms with E-state index in [9.17, 15) is 0 Å². The molecule has 0 radical (unpaired) electrons. The van der Waals surface area contributed by atoms with Crippen LogP contribution in [0.15, 0.2) is 54.9 Å². The van der Waals surface area contributed by atoms with Crippen molar-refractivity contribution in [1.29, 1.82) is 0 Å². The van der Waals surface area contributed by atoms with Gasteiger partial charge in [0.05, 0.1) is 5.69 Å². The Balaban J connectivity index is 1.90. The number of piperidine rings is 1. The van der Waals surface area contributed by atoms with E-state index in [1.165, 1.54) is 33.5 Å². The molecule has 23 heavy (non-hydrogen) atoms. The van der Waals surface area contributed by atoms with Crippen LogP contribution in [0.2, 0.25) is 0 Å². The van der Waals surface area contributed by atoms with Crippen LogP contribution in [0.1, 0.15) is 35.2 Å². The standard InChI is InChI=1S/C20H23N3/c1-2-22-12-9-16(10-13-22)19-18-6-4-3-5-15(18)7-8-17-11-14-23(21)20(17)19/h2-6,11,14H,1,7-10,12-13,21H2. The normalized spacial score (nSPS) is 17.5. The minimum Gasteiger partial charge on any atom is -0.377 e. The summed E-state index contributed by atoms with van der Waals surface area (Å²) in [7, 11) is 0. The Hall–Kier alpha value is -2.42. The maximum absolute atomic E-state index is 6.29. The van der Waals surface area contributed by atoms with Gasteiger partial charge in [-0.15, -0.1) is 0 Å². The summed E-state index contributed by atoms with van der Waals surface area (Å²) in [5, 5.41) is 0. The summed E-state index contributed by atoms with van der Waals surface area (Å²) in [6, 6.07) is 11.0. The number of nitrogens with zero attached hydrogens (tertiary/aromatic N) is 2. The van der Waals surface area contributed by atoms with Crippen LogP contribution in [0.5, 0.6) is 0 Å². The van der Waals surface area contributed by atoms with Gasteiger partial charge >= 0.3 is 0 Å². The van der Waals surface area contributed by atoms with E-state index in [2.05, 4.69) is 41.8 Å². The molecular formula is C20H23N3. The fraction of sp³-hybridized carbons (Fsp3) is 0.300. The van der Waals surface area contributed by atoms with Crippen molar-refractivity contribution in [3.63, 3.8) is 0 Å². The molecule has 0 atom stereocenters. The molecule has 0 bridgehead atoms. The van der Waals surface area contributed by atoms with Crippen molar-refractivity contribution in [2.45, 2.75) is 25.7 Å². The van der Waals surface area contributed by atoms with Crippen LogP contribution < -0.4 is 5.84 Å². The van der Waals surface area contributed by atoms with Gasteiger partial charge in [-0.25, -0.2) is 0 Å². The third-order valence-electron chi connectivity index (χ3n) is 5.20. The lowest BCUT2D eigenvalue weighted by atomic mass is 9.89. The highest BCUT2D eigenvalue weighted by Gasteiger charge is 2.25. The van der Waals surface area contributed by atoms with E-state index in [0.29, 0.717) is 0 Å². The quantitative estimate of drug-likeness (QED) is 0.820. The minimum absolute atomic E-state index is 1.05. The van der Waals surface area contributed by atoms with Gasteiger partial charge in [0.15, 0.2) is 0 Å². The van der Waals surface area contributed by atoms with Gasteiger partial charge in [0.2, 0.25) is 0 Å². The number of benzene rings is 1. The number of hydrogen-bond donors (Lipinski definition) is 1. The monoisotopic (exact) mass is 305 g/mol. The first kappa shape index (κ1) is 14.2. The summed E-state index contributed by atoms with van der Waals surface area (Å²) in [5.41, 5.74) is 8.32. The van der Waals surface area contributed by atoms with Crippen molar-refractivity contribution in [2.24, 2.45) is 0 Å². The zero-order valence-corrected chi connectivity index (χ0v) is 13.5. The molecule has 2 N–H and O–H groups in total. The molecule has 3 heteroatoms. The average molecular weight is 305 g/mol. The summed E-state index contributed by atoms with van der Waals surface area (Å²) in [6.45, 7) is 5.99. The summed E-state index contributed by atoms with van der Waals surface area (Å²) in [6.07, 6.45) is 8.27. The van der Waals surface area contributed by atoms with Gasteiger partial charge in [-0.2, -0.15) is 0 Å². The highest BCUT2D eigenvalue weighted by molar-refractivity contribution is 5.85. The fourth-order valence-corrected chi connectivity index (χ4v) is 3.94. The Bertz CT molecular complexity index is 772. The highest BCUT2D eigenvalue weighted by atomic mass is 15.3. The number of nitrogens with two attached hydrogens (primary N) is 1. The molecule has 0 spiro atoms. The summed E-state index contributed by atoms with van der Waals surface area (Å²) in [5.74, 6) is 6.29. The van der Waals surface area contributed by atoms with E-state index in [1.54, 1.807) is 0 Å². The Morgan fingerprint density at radius 1 is 0.957 bits per heavy atom. The van der Waals surface area contributed by atoms with Crippen molar-refractivity contribution in [3.05, 3.63) is 77.3 Å². The van der Waals surface area contributed by atoms with Crippen molar-refractivity contribution in [2.75, 3.05) is 18.9 Å². The third kappa shape index (κ3) is 2.37. The third-order valence-corrected chi connectivity index (χ3v) is 5.20. The molecule has 2 heterocycles. The van der Waals surface area contributed by atoms with Gasteiger partial charge < -0.3 is 10.7 Å². The smallest absolute Gasteiger partial charge is 0.0727 e. The topological polar surface area (TPSA) is 34.2 Å². The molecule has 1 fully saturated rings. The lowest BCUT2D eigenvalue weighted by Crippen LogP contribution is -2.26. The largest absolute Gasteiger partial charge is 0.377 e. The molecule has 0 saturated carbocycles. The molecular weight excluding hydrogens is 282 g/mol. The van der Waals surface area contributed by atoms with Crippen LogP contribution in [-0.4, -0.2) is 22.7 Å². The van der Waals surface area contributed by atoms with Crippen LogP contribution in [-0.2, 0) is 12.8 Å². The van der Waals surface area contributed by atoms with Gasteiger partial charge in [0.25, 0.3) is 0 Å². The molecule has 4 rings (SSSR count). The number of hydrogen-bond acceptors (Lipinski definition) is 2. The van der Waals surface area contributed by atoms with Gasteiger partial charge in [-0.1, -0.05) is 36.4 Å². The zero-order valence-electron chi connectivity index (χ0n) is 13.5. The van der Waals surface area contributed by atoms with Crippen LogP contribution >= 0.6 is 0 Å². The van der Waals surface area contributed by atoms with Crippen molar-refractivity contribution in [3.8, 4) is 0 Å². The van der Waals surface area contributed by atoms with Crippen molar-refractivity contribution < 1.29 is 0 Å². The molecule has 1 aliphatic heterocycles. The molecule has 3 nitrogen and oxygen atoms in total. The van der Waals surface area contributed by atoms with Gasteiger partial charge in [0.1, 0.15) is 0 Å². The first-order valence-corrected chi connectivity index (χ1v) is 8.40. The molecule has 118 valence electrons. The van der Waals surface area contributed by atoms with E-state index in [-0.39, 0.29) is 0 Å². The summed E-state index contributed by atoms with van der Waals surface area (Å²) >= 11 is 0. The molecule has 0 amide bonds. The molecule has 1 aromatic heterocycles. The van der Waals surface area contributed by atoms with E-state index in [1.807, 2.05) is 17.1 Å². The molecule has 1 aromatic carbocycles. The molecule has 2 aliphatic rings. The number of fused-ring (bicyclic) bond motifs is 2. The highest BCUT2D eigenvalue weighted by Crippen LogP contribution is 2.38. The maximum Gasteiger partial charge on any atom is 0.0727 e. The lowest BCUT2D eigenvalue weighted by Gasteiger charge is -2.29. The second-order valence-electron chi connectivity index (χ2n) is 6.45. The summed E-state index contributed by atoms with van der Waals surface area (Å²) < 4.78 is 1.82. The first-order chi connectivity index (χ1) is 11.3. The SMILES string of the molecule is C=CN1CCC(=C2c3ccccc3CCc3ccn(N)c32)CC1. The van der Waals surface area contributed by atoms with E-state index in [4.69, 9.17) is 5.84 Å². The van der Waals surface area contributed by atoms with Crippen molar-refractivity contribution >= 4 is 5.57 Å². The van der Waals surface area contributed by atoms with Crippen molar-refractivity contribution in [1.82, 2.24) is 9.58 Å². The number of aromatic nitrogens is 1. The molecule has 0 unspecified atom stereocenters. The van der Waals surface area contributed by atoms with Gasteiger partial charge in [-0.05, 0) is 54.6 Å². The minimum atomic E-state index is 1.05. The van der Waals surface area contributed by atoms with E-state index < -0.39 is 0 Å². The number of likely N-dealkylation sites (tertiary alicyclic amines) is 1. The van der Waals surface area contributed by atoms with Gasteiger partial charge in [-0.3, -0.25) is 4.68 Å². The van der Waals surface area contributed by atoms with E-state index in [0.717, 1.165) is 38.8 Å². The summed E-state index contributed by atoms with van der Waals surface area (Å²) in [4.78, 5) is 2.30. The van der Waals surface area contributed by atoms with Crippen LogP contribution in [0.4, 0.5) is 0 Å². The number of rotatable bonds is 1. The predicted molar refractivity (Wildman–Crippen MR) is 95.5 cm³/mol. The van der Waals surface area contributed by atoms with Crippen LogP contribution in [0.25, 0.3) is 5.57 Å². The number of nitrogen functional groups attached to an aromatic ring is 1. The maximum atomic E-state index is 6.29. The lowest BCUT2D eigenvalue weighted by molar-refractivity contribution is 0.351. The van der Waals surface area contributed by atoms with E-state index >= 15 is 0 Å². The Kier molecular flexibility index (Phi) is 3.49. The average Bonchev–Trinajstić information content (AvgIpc) is 2.87. The fourth-order valence-electron chi connectivity index (χ4n) is 3.94. The predicted octanol–water partition coefficient (Wildman–Crippen LogP) is 3.34. The Morgan fingerprint density at radius 3 is 2.48 bits per heavy atom. The van der Waals surface area contributed by atoms with Crippen LogP contribution in [0, 0.1) is 0 Å². The Morgan fingerprint density at radius 2 is 1.70 bits per heavy atom. The Labute approximate surface area is 137 Å². The molecule has 1 saturated heterocycles. The number of aryl methyl sites for hydroxylation is 2. The molecule has 2 aromatic rings. The van der Waals surface area contributed by atoms with Gasteiger partial charge in [0, 0.05) is 24.9 Å². The zero-order chi connectivity index (χ0) is 15.8. The second-order valence-corrected chi connectivity index (χ2v) is 6.45. The van der Waals surface area contributed by atoms with Crippen LogP contribution in [0.3, 0.4) is 0 Å². The second kappa shape index (κ2) is 5.65. The molecule has 1 aliphatic carbocycles.